The van der Waals surface area contributed by atoms with Crippen molar-refractivity contribution < 1.29 is 13.9 Å². The van der Waals surface area contributed by atoms with Crippen molar-refractivity contribution in [2.45, 2.75) is 19.3 Å². The van der Waals surface area contributed by atoms with Crippen LogP contribution in [0.15, 0.2) is 30.0 Å². The molecule has 0 atom stereocenters. The fourth-order valence-corrected chi connectivity index (χ4v) is 2.76. The molecule has 0 unspecified atom stereocenters. The Morgan fingerprint density at radius 2 is 2.14 bits per heavy atom. The predicted octanol–water partition coefficient (Wildman–Crippen LogP) is 2.73. The molecule has 0 fully saturated rings. The largest absolute Gasteiger partial charge is 0.466 e. The lowest BCUT2D eigenvalue weighted by Gasteiger charge is -2.02. The van der Waals surface area contributed by atoms with Crippen molar-refractivity contribution in [2.24, 2.45) is 7.05 Å². The van der Waals surface area contributed by atoms with Gasteiger partial charge in [-0.1, -0.05) is 0 Å². The number of rotatable bonds is 3. The lowest BCUT2D eigenvalue weighted by Crippen LogP contribution is -2.04. The highest BCUT2D eigenvalue weighted by molar-refractivity contribution is 5.98. The highest BCUT2D eigenvalue weighted by Crippen LogP contribution is 2.35. The molecule has 2 aromatic rings. The molecule has 2 aromatic heterocycles. The zero-order chi connectivity index (χ0) is 15.7. The molecule has 0 aromatic carbocycles. The van der Waals surface area contributed by atoms with Crippen molar-refractivity contribution in [3.05, 3.63) is 41.5 Å². The molecule has 22 heavy (non-hydrogen) atoms. The lowest BCUT2D eigenvalue weighted by molar-refractivity contribution is -0.136. The molecule has 1 aliphatic carbocycles. The molecule has 2 heterocycles. The van der Waals surface area contributed by atoms with E-state index in [-0.39, 0.29) is 11.8 Å². The lowest BCUT2D eigenvalue weighted by atomic mass is 10.1. The van der Waals surface area contributed by atoms with Gasteiger partial charge < -0.3 is 4.74 Å². The molecule has 0 bridgehead atoms. The molecule has 0 saturated heterocycles. The smallest absolute Gasteiger partial charge is 0.334 e. The first-order chi connectivity index (χ1) is 10.6. The summed E-state index contributed by atoms with van der Waals surface area (Å²) in [6.07, 6.45) is 3.61. The van der Waals surface area contributed by atoms with E-state index < -0.39 is 0 Å². The van der Waals surface area contributed by atoms with Crippen LogP contribution in [0.4, 0.5) is 4.39 Å². The quantitative estimate of drug-likeness (QED) is 0.818. The first-order valence-electron chi connectivity index (χ1n) is 7.07. The van der Waals surface area contributed by atoms with E-state index in [2.05, 4.69) is 10.1 Å². The number of allylic oxidation sites excluding steroid dienone is 1. The van der Waals surface area contributed by atoms with Crippen LogP contribution < -0.4 is 0 Å². The number of ether oxygens (including phenoxy) is 1. The summed E-state index contributed by atoms with van der Waals surface area (Å²) in [5, 5.41) is 4.48. The number of aryl methyl sites for hydroxylation is 1. The van der Waals surface area contributed by atoms with Gasteiger partial charge in [-0.2, -0.15) is 5.10 Å². The van der Waals surface area contributed by atoms with Crippen molar-refractivity contribution in [2.75, 3.05) is 7.11 Å². The van der Waals surface area contributed by atoms with Gasteiger partial charge in [0.05, 0.1) is 30.4 Å². The SMILES string of the molecule is COC(=O)C1=C(c2cc(-c3ccc(F)cn3)n(C)n2)CCC1. The minimum atomic E-state index is -0.377. The number of halogens is 1. The number of hydrogen-bond donors (Lipinski definition) is 0. The second kappa shape index (κ2) is 5.71. The van der Waals surface area contributed by atoms with Crippen LogP contribution in [0, 0.1) is 5.82 Å². The Bertz CT molecular complexity index is 747. The van der Waals surface area contributed by atoms with Crippen LogP contribution in [0.3, 0.4) is 0 Å². The average Bonchev–Trinajstić information content (AvgIpc) is 3.14. The number of carbonyl (C=O) groups excluding carboxylic acids is 1. The normalized spacial score (nSPS) is 14.5. The second-order valence-electron chi connectivity index (χ2n) is 5.20. The molecule has 1 aliphatic rings. The molecular formula is C16H16FN3O2. The van der Waals surface area contributed by atoms with E-state index in [0.717, 1.165) is 29.8 Å². The van der Waals surface area contributed by atoms with Crippen LogP contribution >= 0.6 is 0 Å². The Morgan fingerprint density at radius 3 is 2.82 bits per heavy atom. The van der Waals surface area contributed by atoms with E-state index in [1.165, 1.54) is 19.4 Å². The Kier molecular flexibility index (Phi) is 3.75. The third-order valence-corrected chi connectivity index (χ3v) is 3.83. The Hall–Kier alpha value is -2.50. The zero-order valence-electron chi connectivity index (χ0n) is 12.5. The maximum absolute atomic E-state index is 13.0. The number of hydrogen-bond acceptors (Lipinski definition) is 4. The predicted molar refractivity (Wildman–Crippen MR) is 79.2 cm³/mol. The van der Waals surface area contributed by atoms with Crippen molar-refractivity contribution in [3.8, 4) is 11.4 Å². The summed E-state index contributed by atoms with van der Waals surface area (Å²) >= 11 is 0. The maximum atomic E-state index is 13.0. The summed E-state index contributed by atoms with van der Waals surface area (Å²) in [6.45, 7) is 0. The van der Waals surface area contributed by atoms with E-state index in [0.29, 0.717) is 17.7 Å². The summed E-state index contributed by atoms with van der Waals surface area (Å²) in [5.74, 6) is -0.669. The number of esters is 1. The van der Waals surface area contributed by atoms with Crippen LogP contribution in [0.1, 0.15) is 25.0 Å². The number of nitrogens with zero attached hydrogens (tertiary/aromatic N) is 3. The number of pyridine rings is 1. The van der Waals surface area contributed by atoms with E-state index >= 15 is 0 Å². The van der Waals surface area contributed by atoms with Crippen molar-refractivity contribution in [3.63, 3.8) is 0 Å². The van der Waals surface area contributed by atoms with Gasteiger partial charge in [0.1, 0.15) is 5.82 Å². The van der Waals surface area contributed by atoms with Gasteiger partial charge in [-0.15, -0.1) is 0 Å². The van der Waals surface area contributed by atoms with Gasteiger partial charge >= 0.3 is 5.97 Å². The topological polar surface area (TPSA) is 57.0 Å². The molecule has 6 heteroatoms. The first-order valence-corrected chi connectivity index (χ1v) is 7.07. The number of carbonyl (C=O) groups is 1. The van der Waals surface area contributed by atoms with Crippen LogP contribution in [0.5, 0.6) is 0 Å². The summed E-state index contributed by atoms with van der Waals surface area (Å²) in [4.78, 5) is 15.9. The van der Waals surface area contributed by atoms with E-state index in [1.54, 1.807) is 17.8 Å². The molecule has 5 nitrogen and oxygen atoms in total. The standard InChI is InChI=1S/C16H16FN3O2/c1-20-15(13-7-6-10(17)9-18-13)8-14(19-20)11-4-3-5-12(11)16(21)22-2/h6-9H,3-5H2,1-2H3. The fraction of sp³-hybridized carbons (Fsp3) is 0.312. The monoisotopic (exact) mass is 301 g/mol. The van der Waals surface area contributed by atoms with Gasteiger partial charge in [0.15, 0.2) is 0 Å². The van der Waals surface area contributed by atoms with Gasteiger partial charge in [0.25, 0.3) is 0 Å². The van der Waals surface area contributed by atoms with Crippen LogP contribution in [-0.2, 0) is 16.6 Å². The zero-order valence-corrected chi connectivity index (χ0v) is 12.5. The maximum Gasteiger partial charge on any atom is 0.334 e. The van der Waals surface area contributed by atoms with Gasteiger partial charge in [0, 0.05) is 12.6 Å². The summed E-state index contributed by atoms with van der Waals surface area (Å²) in [7, 11) is 3.19. The Balaban J connectivity index is 2.02. The van der Waals surface area contributed by atoms with E-state index in [4.69, 9.17) is 4.74 Å². The van der Waals surface area contributed by atoms with Gasteiger partial charge in [-0.25, -0.2) is 9.18 Å². The Morgan fingerprint density at radius 1 is 1.32 bits per heavy atom. The van der Waals surface area contributed by atoms with Gasteiger partial charge in [0.2, 0.25) is 0 Å². The molecule has 114 valence electrons. The number of aromatic nitrogens is 3. The van der Waals surface area contributed by atoms with Crippen molar-refractivity contribution in [1.29, 1.82) is 0 Å². The van der Waals surface area contributed by atoms with Crippen molar-refractivity contribution in [1.82, 2.24) is 14.8 Å². The third kappa shape index (κ3) is 2.52. The second-order valence-corrected chi connectivity index (χ2v) is 5.20. The Labute approximate surface area is 127 Å². The third-order valence-electron chi connectivity index (χ3n) is 3.83. The van der Waals surface area contributed by atoms with Crippen molar-refractivity contribution >= 4 is 11.5 Å². The molecule has 0 aliphatic heterocycles. The molecule has 0 saturated carbocycles. The van der Waals surface area contributed by atoms with Gasteiger partial charge in [-0.05, 0) is 43.0 Å². The molecular weight excluding hydrogens is 285 g/mol. The molecule has 3 rings (SSSR count). The van der Waals surface area contributed by atoms with E-state index in [1.807, 2.05) is 6.07 Å². The van der Waals surface area contributed by atoms with Crippen LogP contribution in [-0.4, -0.2) is 27.8 Å². The first kappa shape index (κ1) is 14.4. The minimum absolute atomic E-state index is 0.292. The van der Waals surface area contributed by atoms with E-state index in [9.17, 15) is 9.18 Å². The molecule has 0 N–H and O–H groups in total. The minimum Gasteiger partial charge on any atom is -0.466 e. The fourth-order valence-electron chi connectivity index (χ4n) is 2.76. The molecule has 0 radical (unpaired) electrons. The average molecular weight is 301 g/mol. The molecule has 0 spiro atoms. The summed E-state index contributed by atoms with van der Waals surface area (Å²) in [5.41, 5.74) is 3.79. The number of methoxy groups -OCH3 is 1. The van der Waals surface area contributed by atoms with Crippen LogP contribution in [0.2, 0.25) is 0 Å². The van der Waals surface area contributed by atoms with Gasteiger partial charge in [-0.3, -0.25) is 9.67 Å². The highest BCUT2D eigenvalue weighted by Gasteiger charge is 2.25. The summed E-state index contributed by atoms with van der Waals surface area (Å²) < 4.78 is 19.5. The highest BCUT2D eigenvalue weighted by atomic mass is 19.1. The molecule has 0 amide bonds. The summed E-state index contributed by atoms with van der Waals surface area (Å²) in [6, 6.07) is 4.86. The van der Waals surface area contributed by atoms with Crippen LogP contribution in [0.25, 0.3) is 17.0 Å².